The summed E-state index contributed by atoms with van der Waals surface area (Å²) in [6.45, 7) is 1.82. The lowest BCUT2D eigenvalue weighted by Crippen LogP contribution is -2.22. The first kappa shape index (κ1) is 13.7. The Morgan fingerprint density at radius 2 is 2.19 bits per heavy atom. The maximum atomic E-state index is 12.3. The van der Waals surface area contributed by atoms with Crippen LogP contribution in [-0.4, -0.2) is 18.6 Å². The summed E-state index contributed by atoms with van der Waals surface area (Å²) in [4.78, 5) is 3.08. The molecule has 8 heteroatoms. The Morgan fingerprint density at radius 1 is 1.38 bits per heavy atom. The Bertz CT molecular complexity index is 895. The van der Waals surface area contributed by atoms with E-state index in [1.54, 1.807) is 31.2 Å². The fourth-order valence-electron chi connectivity index (χ4n) is 2.08. The van der Waals surface area contributed by atoms with Crippen molar-refractivity contribution in [1.29, 1.82) is 0 Å². The van der Waals surface area contributed by atoms with E-state index in [9.17, 15) is 8.42 Å². The second-order valence-corrected chi connectivity index (χ2v) is 6.45. The van der Waals surface area contributed by atoms with Crippen molar-refractivity contribution in [2.24, 2.45) is 0 Å². The number of sulfonamides is 1. The Hall–Kier alpha value is -2.32. The molecule has 0 radical (unpaired) electrons. The van der Waals surface area contributed by atoms with Gasteiger partial charge in [-0.3, -0.25) is 0 Å². The number of aromatic nitrogens is 2. The number of aryl methyl sites for hydroxylation is 1. The van der Waals surface area contributed by atoms with Crippen molar-refractivity contribution in [3.05, 3.63) is 41.9 Å². The van der Waals surface area contributed by atoms with Crippen LogP contribution in [0.15, 0.2) is 39.9 Å². The van der Waals surface area contributed by atoms with Crippen LogP contribution in [0.2, 0.25) is 0 Å². The number of nitrogens with two attached hydrogens (primary N) is 1. The van der Waals surface area contributed by atoms with Crippen LogP contribution in [0.3, 0.4) is 0 Å². The lowest BCUT2D eigenvalue weighted by atomic mass is 10.2. The van der Waals surface area contributed by atoms with Crippen molar-refractivity contribution in [2.45, 2.75) is 18.4 Å². The molecular formula is C13H14N4O3S. The van der Waals surface area contributed by atoms with Crippen molar-refractivity contribution < 1.29 is 12.9 Å². The number of hydrogen-bond donors (Lipinski definition) is 3. The second-order valence-electron chi connectivity index (χ2n) is 4.72. The number of anilines is 1. The Labute approximate surface area is 121 Å². The van der Waals surface area contributed by atoms with Gasteiger partial charge in [-0.05, 0) is 25.1 Å². The summed E-state index contributed by atoms with van der Waals surface area (Å²) in [6.07, 6.45) is 1.44. The molecule has 110 valence electrons. The first-order valence-corrected chi connectivity index (χ1v) is 7.72. The molecule has 1 aromatic carbocycles. The fraction of sp³-hybridized carbons (Fsp3) is 0.154. The van der Waals surface area contributed by atoms with Gasteiger partial charge in [-0.1, -0.05) is 5.16 Å². The summed E-state index contributed by atoms with van der Waals surface area (Å²) < 4.78 is 32.2. The minimum atomic E-state index is -3.66. The highest BCUT2D eigenvalue weighted by atomic mass is 32.2. The number of hydrogen-bond acceptors (Lipinski definition) is 5. The van der Waals surface area contributed by atoms with Crippen molar-refractivity contribution in [3.63, 3.8) is 0 Å². The monoisotopic (exact) mass is 306 g/mol. The molecule has 7 nitrogen and oxygen atoms in total. The average Bonchev–Trinajstić information content (AvgIpc) is 3.02. The van der Waals surface area contributed by atoms with Crippen LogP contribution in [0, 0.1) is 6.92 Å². The fourth-order valence-corrected chi connectivity index (χ4v) is 3.25. The first-order chi connectivity index (χ1) is 9.95. The molecule has 0 aliphatic heterocycles. The molecule has 0 atom stereocenters. The molecule has 0 aliphatic rings. The van der Waals surface area contributed by atoms with E-state index in [1.807, 2.05) is 0 Å². The standard InChI is InChI=1S/C13H14N4O3S/c1-8-4-10(20-17-8)6-16-21(18,19)13-7-15-12-5-9(14)2-3-11(12)13/h2-5,7,15-16H,6,14H2,1H3. The Balaban J connectivity index is 1.89. The molecular weight excluding hydrogens is 292 g/mol. The summed E-state index contributed by atoms with van der Waals surface area (Å²) in [5.41, 5.74) is 7.62. The van der Waals surface area contributed by atoms with E-state index in [4.69, 9.17) is 10.3 Å². The summed E-state index contributed by atoms with van der Waals surface area (Å²) in [5.74, 6) is 0.458. The number of H-pyrrole nitrogens is 1. The van der Waals surface area contributed by atoms with E-state index in [0.29, 0.717) is 28.0 Å². The molecule has 21 heavy (non-hydrogen) atoms. The predicted molar refractivity (Wildman–Crippen MR) is 78.0 cm³/mol. The van der Waals surface area contributed by atoms with Crippen LogP contribution in [0.1, 0.15) is 11.5 Å². The van der Waals surface area contributed by atoms with E-state index in [1.165, 1.54) is 6.20 Å². The quantitative estimate of drug-likeness (QED) is 0.632. The van der Waals surface area contributed by atoms with Gasteiger partial charge < -0.3 is 15.2 Å². The SMILES string of the molecule is Cc1cc(CNS(=O)(=O)c2c[nH]c3cc(N)ccc23)on1. The van der Waals surface area contributed by atoms with Gasteiger partial charge in [0, 0.05) is 28.9 Å². The van der Waals surface area contributed by atoms with Gasteiger partial charge in [0.05, 0.1) is 12.2 Å². The molecule has 0 saturated heterocycles. The molecule has 0 amide bonds. The number of nitrogen functional groups attached to an aromatic ring is 1. The zero-order valence-corrected chi connectivity index (χ0v) is 12.1. The number of aromatic amines is 1. The third-order valence-electron chi connectivity index (χ3n) is 3.07. The normalized spacial score (nSPS) is 12.0. The van der Waals surface area contributed by atoms with E-state index in [2.05, 4.69) is 14.9 Å². The molecule has 0 aliphatic carbocycles. The van der Waals surface area contributed by atoms with Gasteiger partial charge in [-0.15, -0.1) is 0 Å². The first-order valence-electron chi connectivity index (χ1n) is 6.24. The van der Waals surface area contributed by atoms with E-state index in [0.717, 1.165) is 0 Å². The number of rotatable bonds is 4. The highest BCUT2D eigenvalue weighted by Crippen LogP contribution is 2.24. The topological polar surface area (TPSA) is 114 Å². The van der Waals surface area contributed by atoms with E-state index < -0.39 is 10.0 Å². The van der Waals surface area contributed by atoms with E-state index >= 15 is 0 Å². The number of nitrogens with one attached hydrogen (secondary N) is 2. The molecule has 0 fully saturated rings. The van der Waals surface area contributed by atoms with E-state index in [-0.39, 0.29) is 11.4 Å². The van der Waals surface area contributed by atoms with Crippen molar-refractivity contribution in [1.82, 2.24) is 14.9 Å². The summed E-state index contributed by atoms with van der Waals surface area (Å²) >= 11 is 0. The number of nitrogens with zero attached hydrogens (tertiary/aromatic N) is 1. The van der Waals surface area contributed by atoms with Crippen LogP contribution < -0.4 is 10.5 Å². The molecule has 2 heterocycles. The molecule has 4 N–H and O–H groups in total. The van der Waals surface area contributed by atoms with Crippen molar-refractivity contribution in [2.75, 3.05) is 5.73 Å². The van der Waals surface area contributed by atoms with Crippen LogP contribution in [0.25, 0.3) is 10.9 Å². The van der Waals surface area contributed by atoms with Gasteiger partial charge in [0.2, 0.25) is 10.0 Å². The lowest BCUT2D eigenvalue weighted by molar-refractivity contribution is 0.377. The Morgan fingerprint density at radius 3 is 2.90 bits per heavy atom. The summed E-state index contributed by atoms with van der Waals surface area (Å²) in [7, 11) is -3.66. The van der Waals surface area contributed by atoms with Crippen molar-refractivity contribution in [3.8, 4) is 0 Å². The number of fused-ring (bicyclic) bond motifs is 1. The van der Waals surface area contributed by atoms with Gasteiger partial charge in [-0.2, -0.15) is 0 Å². The van der Waals surface area contributed by atoms with Crippen LogP contribution in [0.5, 0.6) is 0 Å². The van der Waals surface area contributed by atoms with Gasteiger partial charge >= 0.3 is 0 Å². The van der Waals surface area contributed by atoms with Gasteiger partial charge in [-0.25, -0.2) is 13.1 Å². The molecule has 0 unspecified atom stereocenters. The predicted octanol–water partition coefficient (Wildman–Crippen LogP) is 1.53. The summed E-state index contributed by atoms with van der Waals surface area (Å²) in [5, 5.41) is 4.30. The van der Waals surface area contributed by atoms with Gasteiger partial charge in [0.1, 0.15) is 4.90 Å². The molecule has 2 aromatic heterocycles. The zero-order chi connectivity index (χ0) is 15.0. The maximum Gasteiger partial charge on any atom is 0.243 e. The van der Waals surface area contributed by atoms with Crippen LogP contribution in [-0.2, 0) is 16.6 Å². The van der Waals surface area contributed by atoms with Crippen molar-refractivity contribution >= 4 is 26.6 Å². The third-order valence-corrected chi connectivity index (χ3v) is 4.51. The molecule has 3 aromatic rings. The maximum absolute atomic E-state index is 12.3. The zero-order valence-electron chi connectivity index (χ0n) is 11.3. The largest absolute Gasteiger partial charge is 0.399 e. The lowest BCUT2D eigenvalue weighted by Gasteiger charge is -2.03. The minimum absolute atomic E-state index is 0.0464. The molecule has 3 rings (SSSR count). The van der Waals surface area contributed by atoms with Crippen LogP contribution in [0.4, 0.5) is 5.69 Å². The van der Waals surface area contributed by atoms with Gasteiger partial charge in [0.25, 0.3) is 0 Å². The minimum Gasteiger partial charge on any atom is -0.399 e. The third kappa shape index (κ3) is 2.63. The molecule has 0 spiro atoms. The Kier molecular flexibility index (Phi) is 3.19. The average molecular weight is 306 g/mol. The molecule has 0 saturated carbocycles. The summed E-state index contributed by atoms with van der Waals surface area (Å²) in [6, 6.07) is 6.70. The number of benzene rings is 1. The highest BCUT2D eigenvalue weighted by Gasteiger charge is 2.19. The van der Waals surface area contributed by atoms with Crippen LogP contribution >= 0.6 is 0 Å². The smallest absolute Gasteiger partial charge is 0.243 e. The molecule has 0 bridgehead atoms. The highest BCUT2D eigenvalue weighted by molar-refractivity contribution is 7.89. The van der Waals surface area contributed by atoms with Gasteiger partial charge in [0.15, 0.2) is 5.76 Å². The second kappa shape index (κ2) is 4.90.